The van der Waals surface area contributed by atoms with Crippen molar-refractivity contribution >= 4 is 44.8 Å². The molecule has 0 aliphatic carbocycles. The highest BCUT2D eigenvalue weighted by atomic mass is 35.5. The van der Waals surface area contributed by atoms with Gasteiger partial charge in [-0.05, 0) is 50.6 Å². The Morgan fingerprint density at radius 2 is 1.73 bits per heavy atom. The maximum atomic E-state index is 13.6. The summed E-state index contributed by atoms with van der Waals surface area (Å²) in [6, 6.07) is 15.1. The quantitative estimate of drug-likeness (QED) is 0.404. The number of aromatic nitrogens is 5. The van der Waals surface area contributed by atoms with Gasteiger partial charge in [0.25, 0.3) is 5.56 Å². The number of nitrogens with zero attached hydrogens (tertiary/aromatic N) is 5. The third-order valence-electron chi connectivity index (χ3n) is 5.58. The van der Waals surface area contributed by atoms with Crippen LogP contribution >= 0.6 is 11.6 Å². The molecule has 0 bridgehead atoms. The molecule has 0 saturated heterocycles. The van der Waals surface area contributed by atoms with Crippen LogP contribution in [0.3, 0.4) is 0 Å². The van der Waals surface area contributed by atoms with E-state index < -0.39 is 0 Å². The Morgan fingerprint density at radius 1 is 1.00 bits per heavy atom. The predicted octanol–water partition coefficient (Wildman–Crippen LogP) is 5.22. The van der Waals surface area contributed by atoms with Crippen molar-refractivity contribution in [3.63, 3.8) is 0 Å². The van der Waals surface area contributed by atoms with Crippen LogP contribution in [0, 0.1) is 6.92 Å². The highest BCUT2D eigenvalue weighted by Crippen LogP contribution is 2.30. The summed E-state index contributed by atoms with van der Waals surface area (Å²) in [5, 5.41) is 1.08. The average Bonchev–Trinajstić information content (AvgIpc) is 3.04. The Labute approximate surface area is 177 Å². The Kier molecular flexibility index (Phi) is 4.33. The van der Waals surface area contributed by atoms with Gasteiger partial charge in [-0.1, -0.05) is 36.7 Å². The van der Waals surface area contributed by atoms with Gasteiger partial charge in [0.1, 0.15) is 16.7 Å². The normalized spacial score (nSPS) is 12.8. The van der Waals surface area contributed by atoms with Gasteiger partial charge in [-0.15, -0.1) is 0 Å². The zero-order valence-electron chi connectivity index (χ0n) is 16.9. The monoisotopic (exact) mass is 417 g/mol. The van der Waals surface area contributed by atoms with E-state index >= 15 is 0 Å². The molecule has 0 spiro atoms. The SMILES string of the molecule is CCC(C)n1c(C)nc2c(c1=O)c1nc3ccccc3nc1n2-c1cccc(Cl)c1. The Balaban J connectivity index is 2.03. The van der Waals surface area contributed by atoms with Crippen molar-refractivity contribution in [3.8, 4) is 5.69 Å². The van der Waals surface area contributed by atoms with E-state index in [-0.39, 0.29) is 11.6 Å². The molecular formula is C23H20ClN5O. The molecule has 150 valence electrons. The maximum absolute atomic E-state index is 13.6. The second kappa shape index (κ2) is 6.92. The van der Waals surface area contributed by atoms with Gasteiger partial charge in [0.15, 0.2) is 11.3 Å². The molecular weight excluding hydrogens is 398 g/mol. The molecule has 0 saturated carbocycles. The minimum atomic E-state index is -0.0952. The second-order valence-corrected chi connectivity index (χ2v) is 7.93. The molecule has 3 heterocycles. The van der Waals surface area contributed by atoms with E-state index in [0.717, 1.165) is 23.1 Å². The van der Waals surface area contributed by atoms with Crippen LogP contribution in [0.15, 0.2) is 53.3 Å². The highest BCUT2D eigenvalue weighted by Gasteiger charge is 2.23. The van der Waals surface area contributed by atoms with Crippen molar-refractivity contribution in [1.82, 2.24) is 24.1 Å². The summed E-state index contributed by atoms with van der Waals surface area (Å²) >= 11 is 6.27. The molecule has 0 fully saturated rings. The second-order valence-electron chi connectivity index (χ2n) is 7.49. The smallest absolute Gasteiger partial charge is 0.265 e. The molecule has 0 aliphatic rings. The molecule has 0 amide bonds. The van der Waals surface area contributed by atoms with Gasteiger partial charge in [0.05, 0.1) is 16.7 Å². The van der Waals surface area contributed by atoms with Crippen LogP contribution < -0.4 is 5.56 Å². The fraction of sp³-hybridized carbons (Fsp3) is 0.217. The molecule has 5 rings (SSSR count). The lowest BCUT2D eigenvalue weighted by molar-refractivity contribution is 0.497. The van der Waals surface area contributed by atoms with Crippen LogP contribution in [0.5, 0.6) is 0 Å². The summed E-state index contributed by atoms with van der Waals surface area (Å²) in [6.07, 6.45) is 0.829. The van der Waals surface area contributed by atoms with E-state index in [9.17, 15) is 4.79 Å². The van der Waals surface area contributed by atoms with Gasteiger partial charge in [-0.25, -0.2) is 15.0 Å². The fourth-order valence-corrected chi connectivity index (χ4v) is 4.16. The zero-order valence-corrected chi connectivity index (χ0v) is 17.7. The van der Waals surface area contributed by atoms with E-state index in [4.69, 9.17) is 26.6 Å². The summed E-state index contributed by atoms with van der Waals surface area (Å²) in [5.74, 6) is 0.664. The number of para-hydroxylation sites is 2. The first-order chi connectivity index (χ1) is 14.5. The third kappa shape index (κ3) is 2.71. The molecule has 7 heteroatoms. The van der Waals surface area contributed by atoms with Crippen LogP contribution in [-0.4, -0.2) is 24.1 Å². The summed E-state index contributed by atoms with van der Waals surface area (Å²) < 4.78 is 3.63. The predicted molar refractivity (Wildman–Crippen MR) is 121 cm³/mol. The summed E-state index contributed by atoms with van der Waals surface area (Å²) in [6.45, 7) is 5.95. The molecule has 30 heavy (non-hydrogen) atoms. The maximum Gasteiger partial charge on any atom is 0.265 e. The van der Waals surface area contributed by atoms with Crippen molar-refractivity contribution in [2.24, 2.45) is 0 Å². The van der Waals surface area contributed by atoms with Gasteiger partial charge >= 0.3 is 0 Å². The molecule has 5 aromatic rings. The number of rotatable bonds is 3. The first-order valence-corrected chi connectivity index (χ1v) is 10.3. The van der Waals surface area contributed by atoms with E-state index in [1.54, 1.807) is 4.57 Å². The van der Waals surface area contributed by atoms with Crippen LogP contribution in [0.25, 0.3) is 38.9 Å². The third-order valence-corrected chi connectivity index (χ3v) is 5.82. The highest BCUT2D eigenvalue weighted by molar-refractivity contribution is 6.30. The van der Waals surface area contributed by atoms with E-state index in [1.165, 1.54) is 0 Å². The number of hydrogen-bond donors (Lipinski definition) is 0. The number of aryl methyl sites for hydroxylation is 1. The number of benzene rings is 2. The van der Waals surface area contributed by atoms with Crippen molar-refractivity contribution < 1.29 is 0 Å². The largest absolute Gasteiger partial charge is 0.293 e. The summed E-state index contributed by atoms with van der Waals surface area (Å²) in [4.78, 5) is 28.1. The Morgan fingerprint density at radius 3 is 2.43 bits per heavy atom. The minimum absolute atomic E-state index is 0.0346. The van der Waals surface area contributed by atoms with Gasteiger partial charge in [0.2, 0.25) is 0 Å². The lowest BCUT2D eigenvalue weighted by Crippen LogP contribution is -2.26. The van der Waals surface area contributed by atoms with Gasteiger partial charge in [-0.2, -0.15) is 0 Å². The fourth-order valence-electron chi connectivity index (χ4n) is 3.97. The van der Waals surface area contributed by atoms with E-state index in [1.807, 2.05) is 66.9 Å². The molecule has 1 atom stereocenters. The number of fused-ring (bicyclic) bond motifs is 4. The lowest BCUT2D eigenvalue weighted by Gasteiger charge is -2.16. The molecule has 3 aromatic heterocycles. The average molecular weight is 418 g/mol. The first-order valence-electron chi connectivity index (χ1n) is 9.95. The lowest BCUT2D eigenvalue weighted by atomic mass is 10.2. The number of hydrogen-bond acceptors (Lipinski definition) is 4. The Hall–Kier alpha value is -3.25. The first kappa shape index (κ1) is 18.8. The molecule has 0 radical (unpaired) electrons. The van der Waals surface area contributed by atoms with Crippen LogP contribution in [0.4, 0.5) is 0 Å². The minimum Gasteiger partial charge on any atom is -0.293 e. The van der Waals surface area contributed by atoms with Crippen LogP contribution in [-0.2, 0) is 0 Å². The Bertz CT molecular complexity index is 1500. The molecule has 6 nitrogen and oxygen atoms in total. The van der Waals surface area contributed by atoms with E-state index in [2.05, 4.69) is 6.92 Å². The summed E-state index contributed by atoms with van der Waals surface area (Å²) in [7, 11) is 0. The standard InChI is InChI=1S/C23H20ClN5O/c1-4-13(2)28-14(3)25-21-19(23(28)30)20-22(27-18-11-6-5-10-17(18)26-20)29(21)16-9-7-8-15(24)12-16/h5-13H,4H2,1-3H3. The topological polar surface area (TPSA) is 65.6 Å². The summed E-state index contributed by atoms with van der Waals surface area (Å²) in [5.41, 5.74) is 3.89. The van der Waals surface area contributed by atoms with E-state index in [0.29, 0.717) is 33.0 Å². The number of halogens is 1. The molecule has 1 unspecified atom stereocenters. The van der Waals surface area contributed by atoms with Gasteiger partial charge < -0.3 is 0 Å². The molecule has 0 N–H and O–H groups in total. The molecule has 2 aromatic carbocycles. The van der Waals surface area contributed by atoms with Crippen molar-refractivity contribution in [2.75, 3.05) is 0 Å². The van der Waals surface area contributed by atoms with Gasteiger partial charge in [-0.3, -0.25) is 13.9 Å². The zero-order chi connectivity index (χ0) is 21.0. The molecule has 0 aliphatic heterocycles. The van der Waals surface area contributed by atoms with Gasteiger partial charge in [0, 0.05) is 11.1 Å². The van der Waals surface area contributed by atoms with Crippen molar-refractivity contribution in [1.29, 1.82) is 0 Å². The van der Waals surface area contributed by atoms with Crippen LogP contribution in [0.2, 0.25) is 5.02 Å². The van der Waals surface area contributed by atoms with Crippen LogP contribution in [0.1, 0.15) is 32.1 Å². The van der Waals surface area contributed by atoms with Crippen molar-refractivity contribution in [2.45, 2.75) is 33.2 Å². The van der Waals surface area contributed by atoms with Crippen molar-refractivity contribution in [3.05, 3.63) is 69.7 Å².